The van der Waals surface area contributed by atoms with Gasteiger partial charge in [-0.2, -0.15) is 0 Å². The van der Waals surface area contributed by atoms with Crippen LogP contribution in [0.15, 0.2) is 42.5 Å². The van der Waals surface area contributed by atoms with E-state index in [4.69, 9.17) is 16.3 Å². The number of rotatable bonds is 4. The van der Waals surface area contributed by atoms with E-state index in [-0.39, 0.29) is 16.7 Å². The Balaban J connectivity index is 2.02. The third kappa shape index (κ3) is 4.20. The standard InChI is InChI=1S/C16H15ClFNO2/c1-10-4-3-5-13(8-10)19-16(20)11(2)21-15-7-6-12(18)9-14(15)17/h3-9,11H,1-2H3,(H,19,20)/t11-/m1/s1. The SMILES string of the molecule is Cc1cccc(NC(=O)[C@@H](C)Oc2ccc(F)cc2Cl)c1. The Kier molecular flexibility index (Phi) is 4.81. The first-order valence-corrected chi connectivity index (χ1v) is 6.83. The van der Waals surface area contributed by atoms with E-state index in [1.165, 1.54) is 12.1 Å². The van der Waals surface area contributed by atoms with Crippen LogP contribution >= 0.6 is 11.6 Å². The monoisotopic (exact) mass is 307 g/mol. The zero-order valence-electron chi connectivity index (χ0n) is 11.7. The van der Waals surface area contributed by atoms with Gasteiger partial charge in [-0.05, 0) is 49.7 Å². The highest BCUT2D eigenvalue weighted by atomic mass is 35.5. The van der Waals surface area contributed by atoms with E-state index in [9.17, 15) is 9.18 Å². The van der Waals surface area contributed by atoms with Gasteiger partial charge < -0.3 is 10.1 Å². The Hall–Kier alpha value is -2.07. The summed E-state index contributed by atoms with van der Waals surface area (Å²) in [4.78, 5) is 12.1. The van der Waals surface area contributed by atoms with Gasteiger partial charge in [-0.25, -0.2) is 4.39 Å². The molecule has 1 N–H and O–H groups in total. The summed E-state index contributed by atoms with van der Waals surface area (Å²) in [7, 11) is 0. The van der Waals surface area contributed by atoms with Crippen molar-refractivity contribution in [2.45, 2.75) is 20.0 Å². The minimum atomic E-state index is -0.756. The van der Waals surface area contributed by atoms with Gasteiger partial charge in [0.05, 0.1) is 5.02 Å². The van der Waals surface area contributed by atoms with Crippen LogP contribution in [-0.4, -0.2) is 12.0 Å². The number of nitrogens with one attached hydrogen (secondary N) is 1. The molecule has 0 heterocycles. The van der Waals surface area contributed by atoms with Crippen molar-refractivity contribution in [3.8, 4) is 5.75 Å². The first-order chi connectivity index (χ1) is 9.95. The third-order valence-corrected chi connectivity index (χ3v) is 3.15. The molecule has 2 aromatic rings. The molecule has 0 aromatic heterocycles. The number of ether oxygens (including phenoxy) is 1. The van der Waals surface area contributed by atoms with E-state index >= 15 is 0 Å². The topological polar surface area (TPSA) is 38.3 Å². The number of carbonyl (C=O) groups is 1. The van der Waals surface area contributed by atoms with Gasteiger partial charge in [-0.3, -0.25) is 4.79 Å². The molecule has 0 radical (unpaired) electrons. The van der Waals surface area contributed by atoms with Crippen molar-refractivity contribution in [3.05, 3.63) is 58.9 Å². The molecular weight excluding hydrogens is 293 g/mol. The Morgan fingerprint density at radius 1 is 1.29 bits per heavy atom. The van der Waals surface area contributed by atoms with Crippen molar-refractivity contribution in [1.82, 2.24) is 0 Å². The molecule has 0 aliphatic heterocycles. The van der Waals surface area contributed by atoms with Gasteiger partial charge in [0.15, 0.2) is 6.10 Å². The van der Waals surface area contributed by atoms with Crippen LogP contribution in [0.25, 0.3) is 0 Å². The minimum absolute atomic E-state index is 0.130. The molecule has 2 rings (SSSR count). The number of halogens is 2. The average molecular weight is 308 g/mol. The summed E-state index contributed by atoms with van der Waals surface area (Å²) in [6.07, 6.45) is -0.756. The van der Waals surface area contributed by atoms with Crippen LogP contribution in [0, 0.1) is 12.7 Å². The summed E-state index contributed by atoms with van der Waals surface area (Å²) < 4.78 is 18.4. The third-order valence-electron chi connectivity index (χ3n) is 2.85. The van der Waals surface area contributed by atoms with Crippen molar-refractivity contribution in [1.29, 1.82) is 0 Å². The van der Waals surface area contributed by atoms with Gasteiger partial charge in [0.25, 0.3) is 5.91 Å². The molecule has 21 heavy (non-hydrogen) atoms. The maximum Gasteiger partial charge on any atom is 0.265 e. The molecule has 0 aliphatic rings. The molecule has 1 atom stereocenters. The first-order valence-electron chi connectivity index (χ1n) is 6.45. The molecule has 3 nitrogen and oxygen atoms in total. The molecule has 0 saturated heterocycles. The number of amides is 1. The summed E-state index contributed by atoms with van der Waals surface area (Å²) in [5, 5.41) is 2.88. The van der Waals surface area contributed by atoms with Crippen molar-refractivity contribution in [2.24, 2.45) is 0 Å². The maximum atomic E-state index is 12.9. The van der Waals surface area contributed by atoms with Gasteiger partial charge in [0, 0.05) is 5.69 Å². The van der Waals surface area contributed by atoms with E-state index in [0.29, 0.717) is 5.69 Å². The molecule has 5 heteroatoms. The summed E-state index contributed by atoms with van der Waals surface area (Å²) in [5.41, 5.74) is 1.74. The molecule has 0 aliphatic carbocycles. The lowest BCUT2D eigenvalue weighted by Crippen LogP contribution is -2.30. The highest BCUT2D eigenvalue weighted by molar-refractivity contribution is 6.32. The van der Waals surface area contributed by atoms with Crippen LogP contribution in [0.1, 0.15) is 12.5 Å². The summed E-state index contributed by atoms with van der Waals surface area (Å²) >= 11 is 5.86. The second kappa shape index (κ2) is 6.59. The number of carbonyl (C=O) groups excluding carboxylic acids is 1. The Morgan fingerprint density at radius 3 is 2.71 bits per heavy atom. The molecular formula is C16H15ClFNO2. The van der Waals surface area contributed by atoms with Crippen LogP contribution in [0.5, 0.6) is 5.75 Å². The molecule has 0 saturated carbocycles. The Labute approximate surface area is 127 Å². The lowest BCUT2D eigenvalue weighted by atomic mass is 10.2. The predicted molar refractivity (Wildman–Crippen MR) is 81.3 cm³/mol. The Bertz CT molecular complexity index is 660. The maximum absolute atomic E-state index is 12.9. The molecule has 1 amide bonds. The van der Waals surface area contributed by atoms with E-state index in [0.717, 1.165) is 11.6 Å². The first kappa shape index (κ1) is 15.3. The normalized spacial score (nSPS) is 11.8. The molecule has 0 unspecified atom stereocenters. The second-order valence-electron chi connectivity index (χ2n) is 4.69. The highest BCUT2D eigenvalue weighted by Crippen LogP contribution is 2.26. The molecule has 0 fully saturated rings. The van der Waals surface area contributed by atoms with E-state index in [1.807, 2.05) is 25.1 Å². The van der Waals surface area contributed by atoms with Crippen molar-refractivity contribution >= 4 is 23.2 Å². The number of aryl methyl sites for hydroxylation is 1. The lowest BCUT2D eigenvalue weighted by molar-refractivity contribution is -0.122. The number of anilines is 1. The fourth-order valence-electron chi connectivity index (χ4n) is 1.78. The van der Waals surface area contributed by atoms with Crippen LogP contribution < -0.4 is 10.1 Å². The summed E-state index contributed by atoms with van der Waals surface area (Å²) in [6, 6.07) is 11.2. The average Bonchev–Trinajstić information content (AvgIpc) is 2.41. The summed E-state index contributed by atoms with van der Waals surface area (Å²) in [6.45, 7) is 3.54. The van der Waals surface area contributed by atoms with Crippen LogP contribution in [0.3, 0.4) is 0 Å². The Morgan fingerprint density at radius 2 is 2.05 bits per heavy atom. The molecule has 0 spiro atoms. The smallest absolute Gasteiger partial charge is 0.265 e. The van der Waals surface area contributed by atoms with Crippen LogP contribution in [-0.2, 0) is 4.79 Å². The number of benzene rings is 2. The number of hydrogen-bond donors (Lipinski definition) is 1. The van der Waals surface area contributed by atoms with Crippen molar-refractivity contribution < 1.29 is 13.9 Å². The minimum Gasteiger partial charge on any atom is -0.479 e. The largest absolute Gasteiger partial charge is 0.479 e. The fraction of sp³-hybridized carbons (Fsp3) is 0.188. The molecule has 110 valence electrons. The van der Waals surface area contributed by atoms with Crippen LogP contribution in [0.4, 0.5) is 10.1 Å². The van der Waals surface area contributed by atoms with Crippen LogP contribution in [0.2, 0.25) is 5.02 Å². The van der Waals surface area contributed by atoms with Crippen molar-refractivity contribution in [3.63, 3.8) is 0 Å². The van der Waals surface area contributed by atoms with Gasteiger partial charge in [0.1, 0.15) is 11.6 Å². The lowest BCUT2D eigenvalue weighted by Gasteiger charge is -2.15. The number of hydrogen-bond acceptors (Lipinski definition) is 2. The summed E-state index contributed by atoms with van der Waals surface area (Å²) in [5.74, 6) is -0.491. The highest BCUT2D eigenvalue weighted by Gasteiger charge is 2.16. The van der Waals surface area contributed by atoms with Crippen molar-refractivity contribution in [2.75, 3.05) is 5.32 Å². The fourth-order valence-corrected chi connectivity index (χ4v) is 1.99. The van der Waals surface area contributed by atoms with Gasteiger partial charge in [-0.1, -0.05) is 23.7 Å². The predicted octanol–water partition coefficient (Wildman–Crippen LogP) is 4.19. The van der Waals surface area contributed by atoms with Gasteiger partial charge >= 0.3 is 0 Å². The zero-order chi connectivity index (χ0) is 15.4. The van der Waals surface area contributed by atoms with E-state index in [1.54, 1.807) is 13.0 Å². The van der Waals surface area contributed by atoms with E-state index < -0.39 is 11.9 Å². The second-order valence-corrected chi connectivity index (χ2v) is 5.10. The molecule has 2 aromatic carbocycles. The zero-order valence-corrected chi connectivity index (χ0v) is 12.4. The molecule has 0 bridgehead atoms. The van der Waals surface area contributed by atoms with E-state index in [2.05, 4.69) is 5.32 Å². The quantitative estimate of drug-likeness (QED) is 0.919. The van der Waals surface area contributed by atoms with Gasteiger partial charge in [0.2, 0.25) is 0 Å². The van der Waals surface area contributed by atoms with Gasteiger partial charge in [-0.15, -0.1) is 0 Å².